The quantitative estimate of drug-likeness (QED) is 0.622. The molecule has 0 rings (SSSR count). The fraction of sp³-hybridized carbons (Fsp3) is 1.00. The largest absolute Gasteiger partial charge is 0.281 e. The summed E-state index contributed by atoms with van der Waals surface area (Å²) in [5.74, 6) is 0. The van der Waals surface area contributed by atoms with Crippen molar-refractivity contribution in [1.82, 2.24) is 0 Å². The maximum absolute atomic E-state index is 9.93. The number of rotatable bonds is 2. The summed E-state index contributed by atoms with van der Waals surface area (Å²) in [6.07, 6.45) is 0. The Kier molecular flexibility index (Phi) is 4.55. The molecule has 0 bridgehead atoms. The summed E-state index contributed by atoms with van der Waals surface area (Å²) in [4.78, 5) is 0. The van der Waals surface area contributed by atoms with Crippen LogP contribution in [0.1, 0.15) is 0 Å². The standard InChI is InChI=1S/C2HCl5O3S/c3-1(4,5)2(6,7)10-11(8)9/h11H. The molecule has 0 aliphatic heterocycles. The van der Waals surface area contributed by atoms with Crippen LogP contribution in [0.15, 0.2) is 0 Å². The molecule has 0 unspecified atom stereocenters. The number of thiol groups is 1. The maximum atomic E-state index is 9.93. The molecule has 0 saturated carbocycles. The predicted molar refractivity (Wildman–Crippen MR) is 46.1 cm³/mol. The van der Waals surface area contributed by atoms with Gasteiger partial charge in [0.1, 0.15) is 0 Å². The Hall–Kier alpha value is 1.36. The van der Waals surface area contributed by atoms with Gasteiger partial charge in [0, 0.05) is 0 Å². The highest BCUT2D eigenvalue weighted by atomic mass is 35.6. The van der Waals surface area contributed by atoms with Gasteiger partial charge >= 0.3 is 0 Å². The van der Waals surface area contributed by atoms with Crippen LogP contribution in [0.25, 0.3) is 0 Å². The second-order valence-electron chi connectivity index (χ2n) is 1.33. The van der Waals surface area contributed by atoms with Crippen LogP contribution < -0.4 is 0 Å². The van der Waals surface area contributed by atoms with E-state index < -0.39 is 19.3 Å². The summed E-state index contributed by atoms with van der Waals surface area (Å²) in [6, 6.07) is 0. The minimum atomic E-state index is -3.27. The summed E-state index contributed by atoms with van der Waals surface area (Å²) in [5.41, 5.74) is 0. The van der Waals surface area contributed by atoms with Gasteiger partial charge in [-0.2, -0.15) is 0 Å². The first-order valence-corrected chi connectivity index (χ1v) is 4.93. The first-order valence-electron chi connectivity index (χ1n) is 1.95. The van der Waals surface area contributed by atoms with E-state index in [1.54, 1.807) is 0 Å². The Morgan fingerprint density at radius 1 is 1.00 bits per heavy atom. The van der Waals surface area contributed by atoms with Gasteiger partial charge in [-0.15, -0.1) is 0 Å². The molecule has 0 aliphatic carbocycles. The van der Waals surface area contributed by atoms with Crippen molar-refractivity contribution in [3.63, 3.8) is 0 Å². The fourth-order valence-electron chi connectivity index (χ4n) is 0.145. The lowest BCUT2D eigenvalue weighted by Gasteiger charge is -2.23. The molecule has 0 aromatic heterocycles. The number of alkyl halides is 5. The Bertz CT molecular complexity index is 196. The molecule has 0 aromatic rings. The van der Waals surface area contributed by atoms with Crippen molar-refractivity contribution < 1.29 is 12.6 Å². The van der Waals surface area contributed by atoms with Gasteiger partial charge in [0.15, 0.2) is 0 Å². The van der Waals surface area contributed by atoms with Gasteiger partial charge in [-0.05, 0) is 0 Å². The molecule has 0 aromatic carbocycles. The molecule has 11 heavy (non-hydrogen) atoms. The lowest BCUT2D eigenvalue weighted by Crippen LogP contribution is -2.33. The molecular formula is C2HCl5O3S. The first kappa shape index (κ1) is 12.4. The van der Waals surface area contributed by atoms with Gasteiger partial charge in [-0.1, -0.05) is 58.0 Å². The van der Waals surface area contributed by atoms with Gasteiger partial charge in [-0.3, -0.25) is 0 Å². The van der Waals surface area contributed by atoms with Crippen molar-refractivity contribution in [3.05, 3.63) is 0 Å². The average molecular weight is 282 g/mol. The summed E-state index contributed by atoms with van der Waals surface area (Å²) >= 11 is 25.8. The van der Waals surface area contributed by atoms with E-state index in [0.717, 1.165) is 0 Å². The van der Waals surface area contributed by atoms with Crippen LogP contribution in [-0.2, 0) is 15.2 Å². The van der Waals surface area contributed by atoms with Crippen LogP contribution in [0.5, 0.6) is 0 Å². The summed E-state index contributed by atoms with van der Waals surface area (Å²) in [6.45, 7) is 0. The van der Waals surface area contributed by atoms with E-state index in [0.29, 0.717) is 0 Å². The van der Waals surface area contributed by atoms with E-state index in [4.69, 9.17) is 58.0 Å². The molecular weight excluding hydrogens is 281 g/mol. The van der Waals surface area contributed by atoms with E-state index in [1.807, 2.05) is 0 Å². The maximum Gasteiger partial charge on any atom is 0.281 e. The van der Waals surface area contributed by atoms with Crippen LogP contribution in [0.4, 0.5) is 0 Å². The van der Waals surface area contributed by atoms with Gasteiger partial charge in [-0.25, -0.2) is 12.6 Å². The smallest absolute Gasteiger partial charge is 0.228 e. The van der Waals surface area contributed by atoms with Crippen molar-refractivity contribution in [2.75, 3.05) is 0 Å². The van der Waals surface area contributed by atoms with Gasteiger partial charge in [0.05, 0.1) is 0 Å². The van der Waals surface area contributed by atoms with E-state index in [9.17, 15) is 8.42 Å². The summed E-state index contributed by atoms with van der Waals surface area (Å²) in [5, 5.41) is 0. The molecule has 3 nitrogen and oxygen atoms in total. The third-order valence-electron chi connectivity index (χ3n) is 0.519. The van der Waals surface area contributed by atoms with Crippen LogP contribution >= 0.6 is 58.0 Å². The molecule has 0 fully saturated rings. The Balaban J connectivity index is 4.47. The summed E-state index contributed by atoms with van der Waals surface area (Å²) < 4.78 is 19.1. The second kappa shape index (κ2) is 4.05. The van der Waals surface area contributed by atoms with E-state index >= 15 is 0 Å². The van der Waals surface area contributed by atoms with Gasteiger partial charge in [0.2, 0.25) is 3.79 Å². The van der Waals surface area contributed by atoms with E-state index in [1.165, 1.54) is 0 Å². The Labute approximate surface area is 89.6 Å². The number of halogens is 5. The minimum absolute atomic E-state index is 2.23. The van der Waals surface area contributed by atoms with Crippen molar-refractivity contribution in [2.45, 2.75) is 8.31 Å². The van der Waals surface area contributed by atoms with Crippen LogP contribution in [0.3, 0.4) is 0 Å². The third kappa shape index (κ3) is 4.22. The molecule has 0 heterocycles. The second-order valence-corrected chi connectivity index (χ2v) is 5.50. The number of hydrogen-bond acceptors (Lipinski definition) is 3. The third-order valence-corrected chi connectivity index (χ3v) is 3.26. The van der Waals surface area contributed by atoms with Crippen molar-refractivity contribution in [1.29, 1.82) is 0 Å². The van der Waals surface area contributed by atoms with Gasteiger partial charge in [0.25, 0.3) is 15.5 Å². The van der Waals surface area contributed by atoms with Crippen LogP contribution in [-0.4, -0.2) is 16.7 Å². The SMILES string of the molecule is O=[SH](=O)OC(Cl)(Cl)C(Cl)(Cl)Cl. The molecule has 68 valence electrons. The lowest BCUT2D eigenvalue weighted by molar-refractivity contribution is 0.264. The monoisotopic (exact) mass is 280 g/mol. The molecule has 0 atom stereocenters. The van der Waals surface area contributed by atoms with Crippen molar-refractivity contribution >= 4 is 69.0 Å². The Morgan fingerprint density at radius 2 is 1.36 bits per heavy atom. The highest BCUT2D eigenvalue weighted by Gasteiger charge is 2.48. The minimum Gasteiger partial charge on any atom is -0.228 e. The molecule has 9 heteroatoms. The predicted octanol–water partition coefficient (Wildman–Crippen LogP) is 2.03. The zero-order chi connectivity index (χ0) is 9.28. The zero-order valence-corrected chi connectivity index (χ0v) is 9.24. The highest BCUT2D eigenvalue weighted by molar-refractivity contribution is 7.67. The van der Waals surface area contributed by atoms with E-state index in [2.05, 4.69) is 4.18 Å². The fourth-order valence-corrected chi connectivity index (χ4v) is 1.08. The van der Waals surface area contributed by atoms with Crippen molar-refractivity contribution in [3.8, 4) is 0 Å². The highest BCUT2D eigenvalue weighted by Crippen LogP contribution is 2.46. The molecule has 0 aliphatic rings. The molecule has 0 radical (unpaired) electrons. The molecule has 0 spiro atoms. The first-order chi connectivity index (χ1) is 4.67. The van der Waals surface area contributed by atoms with Crippen molar-refractivity contribution in [2.24, 2.45) is 0 Å². The summed E-state index contributed by atoms with van der Waals surface area (Å²) in [7, 11) is -3.27. The van der Waals surface area contributed by atoms with Gasteiger partial charge < -0.3 is 0 Å². The van der Waals surface area contributed by atoms with E-state index in [-0.39, 0.29) is 0 Å². The molecule has 0 saturated heterocycles. The zero-order valence-electron chi connectivity index (χ0n) is 4.56. The van der Waals surface area contributed by atoms with Crippen LogP contribution in [0, 0.1) is 0 Å². The molecule has 0 N–H and O–H groups in total. The lowest BCUT2D eigenvalue weighted by atomic mass is 10.8. The Morgan fingerprint density at radius 3 is 1.45 bits per heavy atom. The van der Waals surface area contributed by atoms with Crippen LogP contribution in [0.2, 0.25) is 0 Å². The topological polar surface area (TPSA) is 43.4 Å². The average Bonchev–Trinajstić information content (AvgIpc) is 1.56. The number of hydrogen-bond donors (Lipinski definition) is 1. The molecule has 0 amide bonds. The normalized spacial score (nSPS) is 14.0.